The standard InChI is InChI=1S/C34H61NO7/c1-6-8-10-12-13-14-15-16-17-18-19-20-21-23-25-33(37)42-30(29-41-32(36)24-22-11-9-7-2)28-40-27-26-31(34(38)39)35(3,4)5/h12-13,15-16,30-31H,6-11,14,17-29H2,1-5H3/p+1/b13-12-,16-15-. The highest BCUT2D eigenvalue weighted by molar-refractivity contribution is 5.72. The average molecular weight is 597 g/mol. The molecule has 0 amide bonds. The Morgan fingerprint density at radius 1 is 0.714 bits per heavy atom. The van der Waals surface area contributed by atoms with Gasteiger partial charge in [0.1, 0.15) is 6.61 Å². The molecule has 0 rings (SSSR count). The second-order valence-electron chi connectivity index (χ2n) is 12.1. The maximum absolute atomic E-state index is 12.5. The molecule has 8 heteroatoms. The highest BCUT2D eigenvalue weighted by Gasteiger charge is 2.31. The van der Waals surface area contributed by atoms with E-state index in [0.29, 0.717) is 19.3 Å². The lowest BCUT2D eigenvalue weighted by atomic mass is 10.1. The van der Waals surface area contributed by atoms with Crippen molar-refractivity contribution in [1.82, 2.24) is 0 Å². The van der Waals surface area contributed by atoms with Crippen molar-refractivity contribution in [2.24, 2.45) is 0 Å². The molecule has 8 nitrogen and oxygen atoms in total. The summed E-state index contributed by atoms with van der Waals surface area (Å²) >= 11 is 0. The van der Waals surface area contributed by atoms with Gasteiger partial charge in [-0.3, -0.25) is 9.59 Å². The molecular weight excluding hydrogens is 534 g/mol. The van der Waals surface area contributed by atoms with Crippen LogP contribution in [0.15, 0.2) is 24.3 Å². The van der Waals surface area contributed by atoms with Crippen molar-refractivity contribution >= 4 is 17.9 Å². The van der Waals surface area contributed by atoms with E-state index in [1.807, 2.05) is 21.1 Å². The summed E-state index contributed by atoms with van der Waals surface area (Å²) in [6.45, 7) is 4.53. The molecule has 0 aliphatic rings. The second kappa shape index (κ2) is 26.4. The zero-order chi connectivity index (χ0) is 31.5. The molecule has 0 spiro atoms. The Bertz CT molecular complexity index is 757. The highest BCUT2D eigenvalue weighted by Crippen LogP contribution is 2.12. The number of rotatable bonds is 28. The van der Waals surface area contributed by atoms with E-state index < -0.39 is 18.1 Å². The van der Waals surface area contributed by atoms with Crippen molar-refractivity contribution in [3.63, 3.8) is 0 Å². The largest absolute Gasteiger partial charge is 0.477 e. The van der Waals surface area contributed by atoms with Gasteiger partial charge in [-0.05, 0) is 38.5 Å². The Balaban J connectivity index is 4.40. The number of esters is 2. The smallest absolute Gasteiger partial charge is 0.362 e. The summed E-state index contributed by atoms with van der Waals surface area (Å²) in [6, 6.07) is -0.611. The second-order valence-corrected chi connectivity index (χ2v) is 12.1. The number of likely N-dealkylation sites (N-methyl/N-ethyl adjacent to an activating group) is 1. The molecule has 0 bridgehead atoms. The third-order valence-corrected chi connectivity index (χ3v) is 7.10. The van der Waals surface area contributed by atoms with Crippen LogP contribution >= 0.6 is 0 Å². The molecule has 0 aromatic carbocycles. The minimum absolute atomic E-state index is 0.0559. The van der Waals surface area contributed by atoms with E-state index in [0.717, 1.165) is 70.6 Å². The van der Waals surface area contributed by atoms with Gasteiger partial charge in [0.05, 0.1) is 34.4 Å². The van der Waals surface area contributed by atoms with Crippen molar-refractivity contribution in [1.29, 1.82) is 0 Å². The summed E-state index contributed by atoms with van der Waals surface area (Å²) in [5.41, 5.74) is 0. The van der Waals surface area contributed by atoms with Gasteiger partial charge in [0.25, 0.3) is 0 Å². The number of quaternary nitrogens is 1. The Hall–Kier alpha value is -2.19. The van der Waals surface area contributed by atoms with Gasteiger partial charge in [-0.1, -0.05) is 89.5 Å². The van der Waals surface area contributed by atoms with Crippen LogP contribution in [0.25, 0.3) is 0 Å². The zero-order valence-electron chi connectivity index (χ0n) is 27.5. The van der Waals surface area contributed by atoms with Gasteiger partial charge in [-0.2, -0.15) is 0 Å². The van der Waals surface area contributed by atoms with Crippen LogP contribution in [0.4, 0.5) is 0 Å². The monoisotopic (exact) mass is 596 g/mol. The van der Waals surface area contributed by atoms with E-state index in [1.54, 1.807) is 0 Å². The number of carbonyl (C=O) groups is 3. The van der Waals surface area contributed by atoms with Gasteiger partial charge in [0.15, 0.2) is 12.1 Å². The minimum Gasteiger partial charge on any atom is -0.477 e. The van der Waals surface area contributed by atoms with Crippen LogP contribution in [0.2, 0.25) is 0 Å². The molecule has 2 atom stereocenters. The molecule has 244 valence electrons. The number of hydrogen-bond donors (Lipinski definition) is 1. The fraction of sp³-hybridized carbons (Fsp3) is 0.794. The van der Waals surface area contributed by atoms with Crippen LogP contribution in [-0.4, -0.2) is 80.6 Å². The molecule has 1 N–H and O–H groups in total. The van der Waals surface area contributed by atoms with Crippen LogP contribution < -0.4 is 0 Å². The zero-order valence-corrected chi connectivity index (χ0v) is 27.5. The SMILES string of the molecule is CCCC/C=C\C/C=C\CCCCCCCC(=O)OC(COCCC(C(=O)O)[N+](C)(C)C)COC(=O)CCCCCC. The number of carboxylic acid groups (broad SMARTS) is 1. The number of ether oxygens (including phenoxy) is 3. The van der Waals surface area contributed by atoms with Crippen LogP contribution in [0.5, 0.6) is 0 Å². The fourth-order valence-corrected chi connectivity index (χ4v) is 4.46. The number of carboxylic acids is 1. The average Bonchev–Trinajstić information content (AvgIpc) is 2.93. The van der Waals surface area contributed by atoms with E-state index in [1.165, 1.54) is 19.3 Å². The lowest BCUT2D eigenvalue weighted by Gasteiger charge is -2.31. The molecule has 0 saturated heterocycles. The summed E-state index contributed by atoms with van der Waals surface area (Å²) in [4.78, 5) is 36.2. The van der Waals surface area contributed by atoms with Crippen LogP contribution in [0.3, 0.4) is 0 Å². The molecule has 0 radical (unpaired) electrons. The normalized spacial score (nSPS) is 13.5. The van der Waals surface area contributed by atoms with E-state index >= 15 is 0 Å². The maximum Gasteiger partial charge on any atom is 0.362 e. The minimum atomic E-state index is -0.881. The van der Waals surface area contributed by atoms with Crippen molar-refractivity contribution in [2.75, 3.05) is 41.0 Å². The van der Waals surface area contributed by atoms with Crippen LogP contribution in [-0.2, 0) is 28.6 Å². The van der Waals surface area contributed by atoms with Crippen molar-refractivity contribution in [3.05, 3.63) is 24.3 Å². The van der Waals surface area contributed by atoms with E-state index in [9.17, 15) is 19.5 Å². The van der Waals surface area contributed by atoms with Gasteiger partial charge in [0, 0.05) is 19.3 Å². The molecule has 0 aromatic heterocycles. The van der Waals surface area contributed by atoms with Crippen LogP contribution in [0, 0.1) is 0 Å². The summed E-state index contributed by atoms with van der Waals surface area (Å²) in [5, 5.41) is 9.51. The first-order valence-corrected chi connectivity index (χ1v) is 16.4. The Kier molecular flexibility index (Phi) is 25.1. The van der Waals surface area contributed by atoms with E-state index in [4.69, 9.17) is 14.2 Å². The molecule has 2 unspecified atom stereocenters. The number of allylic oxidation sites excluding steroid dienone is 4. The predicted molar refractivity (Wildman–Crippen MR) is 169 cm³/mol. The van der Waals surface area contributed by atoms with Gasteiger partial charge in [0.2, 0.25) is 0 Å². The summed E-state index contributed by atoms with van der Waals surface area (Å²) in [5.74, 6) is -1.51. The number of hydrogen-bond acceptors (Lipinski definition) is 6. The molecule has 0 aromatic rings. The van der Waals surface area contributed by atoms with Gasteiger partial charge in [-0.15, -0.1) is 0 Å². The number of carbonyl (C=O) groups excluding carboxylic acids is 2. The topological polar surface area (TPSA) is 99.1 Å². The van der Waals surface area contributed by atoms with Crippen LogP contribution in [0.1, 0.15) is 123 Å². The maximum atomic E-state index is 12.5. The van der Waals surface area contributed by atoms with Gasteiger partial charge < -0.3 is 23.8 Å². The molecular formula is C34H62NO7+. The highest BCUT2D eigenvalue weighted by atomic mass is 16.6. The van der Waals surface area contributed by atoms with Crippen molar-refractivity contribution in [2.45, 2.75) is 135 Å². The first-order valence-electron chi connectivity index (χ1n) is 16.4. The fourth-order valence-electron chi connectivity index (χ4n) is 4.46. The number of nitrogens with zero attached hydrogens (tertiary/aromatic N) is 1. The first kappa shape index (κ1) is 39.8. The molecule has 0 aliphatic heterocycles. The van der Waals surface area contributed by atoms with E-state index in [2.05, 4.69) is 38.2 Å². The molecule has 0 heterocycles. The summed E-state index contributed by atoms with van der Waals surface area (Å²) < 4.78 is 17.0. The third kappa shape index (κ3) is 24.4. The molecule has 0 fully saturated rings. The number of unbranched alkanes of at least 4 members (excludes halogenated alkanes) is 10. The molecule has 0 saturated carbocycles. The number of aliphatic carboxylic acids is 1. The summed E-state index contributed by atoms with van der Waals surface area (Å²) in [6.07, 6.45) is 24.1. The van der Waals surface area contributed by atoms with Crippen molar-refractivity contribution < 1.29 is 38.2 Å². The Morgan fingerprint density at radius 3 is 1.90 bits per heavy atom. The lowest BCUT2D eigenvalue weighted by Crippen LogP contribution is -2.50. The first-order chi connectivity index (χ1) is 20.1. The van der Waals surface area contributed by atoms with Gasteiger partial charge in [-0.25, -0.2) is 4.79 Å². The molecule has 0 aliphatic carbocycles. The third-order valence-electron chi connectivity index (χ3n) is 7.10. The summed E-state index contributed by atoms with van der Waals surface area (Å²) in [7, 11) is 5.49. The molecule has 42 heavy (non-hydrogen) atoms. The van der Waals surface area contributed by atoms with Crippen molar-refractivity contribution in [3.8, 4) is 0 Å². The Labute approximate surface area is 256 Å². The predicted octanol–water partition coefficient (Wildman–Crippen LogP) is 7.40. The van der Waals surface area contributed by atoms with E-state index in [-0.39, 0.29) is 36.2 Å². The van der Waals surface area contributed by atoms with Gasteiger partial charge >= 0.3 is 17.9 Å². The Morgan fingerprint density at radius 2 is 1.29 bits per heavy atom. The lowest BCUT2D eigenvalue weighted by molar-refractivity contribution is -0.887. The quantitative estimate of drug-likeness (QED) is 0.0435.